The van der Waals surface area contributed by atoms with Gasteiger partial charge in [0, 0.05) is 39.8 Å². The van der Waals surface area contributed by atoms with Crippen LogP contribution in [0.25, 0.3) is 5.65 Å². The summed E-state index contributed by atoms with van der Waals surface area (Å²) in [5.41, 5.74) is 0.498. The number of nitrogens with zero attached hydrogens (tertiary/aromatic N) is 5. The lowest BCUT2D eigenvalue weighted by atomic mass is 9.85. The molecule has 28 heavy (non-hydrogen) atoms. The van der Waals surface area contributed by atoms with Crippen LogP contribution >= 0.6 is 0 Å². The number of carbonyl (C=O) groups excluding carboxylic acids is 1. The smallest absolute Gasteiger partial charge is 0.230 e. The third-order valence-corrected chi connectivity index (χ3v) is 5.33. The zero-order valence-electron chi connectivity index (χ0n) is 17.1. The fraction of sp³-hybridized carbons (Fsp3) is 0.600. The minimum absolute atomic E-state index is 0.194. The second kappa shape index (κ2) is 9.03. The minimum atomic E-state index is -0.352. The van der Waals surface area contributed by atoms with Crippen molar-refractivity contribution in [2.24, 2.45) is 10.4 Å². The summed E-state index contributed by atoms with van der Waals surface area (Å²) in [6.45, 7) is 4.03. The molecule has 1 aliphatic rings. The standard InChI is InChI=1S/C20H31N7O/c1-4-21-19(23-15-20(11-6-7-12-20)18(28)26(2)3)22-13-10-17-25-24-16-9-5-8-14-27(16)17/h5,8-9,14H,4,6-7,10-13,15H2,1-3H3,(H2,21,22,23). The number of guanidine groups is 1. The molecule has 1 fully saturated rings. The van der Waals surface area contributed by atoms with E-state index in [1.165, 1.54) is 0 Å². The molecule has 0 saturated heterocycles. The van der Waals surface area contributed by atoms with Crippen LogP contribution in [0.1, 0.15) is 38.4 Å². The van der Waals surface area contributed by atoms with Gasteiger partial charge in [0.05, 0.1) is 12.0 Å². The van der Waals surface area contributed by atoms with E-state index in [1.807, 2.05) is 49.8 Å². The van der Waals surface area contributed by atoms with Crippen molar-refractivity contribution in [2.75, 3.05) is 33.7 Å². The fourth-order valence-electron chi connectivity index (χ4n) is 3.89. The average Bonchev–Trinajstić information content (AvgIpc) is 3.33. The van der Waals surface area contributed by atoms with Crippen molar-refractivity contribution < 1.29 is 4.79 Å². The van der Waals surface area contributed by atoms with Crippen LogP contribution in [0.2, 0.25) is 0 Å². The second-order valence-corrected chi connectivity index (χ2v) is 7.60. The molecule has 0 unspecified atom stereocenters. The Kier molecular flexibility index (Phi) is 6.49. The van der Waals surface area contributed by atoms with Crippen molar-refractivity contribution in [1.29, 1.82) is 0 Å². The number of aliphatic imine (C=N–C) groups is 1. The SMILES string of the molecule is CCNC(=NCC1(C(=O)N(C)C)CCCC1)NCCc1nnc2ccccn12. The Morgan fingerprint density at radius 1 is 1.25 bits per heavy atom. The molecule has 0 aromatic carbocycles. The van der Waals surface area contributed by atoms with E-state index in [0.717, 1.165) is 56.1 Å². The van der Waals surface area contributed by atoms with Gasteiger partial charge in [0.15, 0.2) is 11.6 Å². The Labute approximate surface area is 166 Å². The number of aromatic nitrogens is 3. The Morgan fingerprint density at radius 3 is 2.75 bits per heavy atom. The van der Waals surface area contributed by atoms with Gasteiger partial charge in [-0.05, 0) is 31.9 Å². The first-order valence-electron chi connectivity index (χ1n) is 10.1. The van der Waals surface area contributed by atoms with Crippen LogP contribution in [-0.4, -0.2) is 65.1 Å². The van der Waals surface area contributed by atoms with Gasteiger partial charge in [-0.1, -0.05) is 18.9 Å². The normalized spacial score (nSPS) is 16.3. The average molecular weight is 386 g/mol. The summed E-state index contributed by atoms with van der Waals surface area (Å²) in [4.78, 5) is 19.2. The molecule has 8 nitrogen and oxygen atoms in total. The van der Waals surface area contributed by atoms with Gasteiger partial charge in [-0.3, -0.25) is 14.2 Å². The summed E-state index contributed by atoms with van der Waals surface area (Å²) in [7, 11) is 3.66. The molecule has 0 atom stereocenters. The zero-order chi connectivity index (χ0) is 20.0. The Bertz CT molecular complexity index is 821. The predicted molar refractivity (Wildman–Crippen MR) is 110 cm³/mol. The van der Waals surface area contributed by atoms with E-state index in [0.29, 0.717) is 13.1 Å². The van der Waals surface area contributed by atoms with E-state index in [2.05, 4.69) is 20.8 Å². The van der Waals surface area contributed by atoms with E-state index in [-0.39, 0.29) is 11.3 Å². The van der Waals surface area contributed by atoms with Crippen molar-refractivity contribution in [3.63, 3.8) is 0 Å². The number of fused-ring (bicyclic) bond motifs is 1. The van der Waals surface area contributed by atoms with E-state index in [4.69, 9.17) is 4.99 Å². The van der Waals surface area contributed by atoms with Gasteiger partial charge in [-0.25, -0.2) is 0 Å². The topological polar surface area (TPSA) is 86.9 Å². The summed E-state index contributed by atoms with van der Waals surface area (Å²) in [5, 5.41) is 15.1. The fourth-order valence-corrected chi connectivity index (χ4v) is 3.89. The van der Waals surface area contributed by atoms with Crippen LogP contribution in [0, 0.1) is 5.41 Å². The van der Waals surface area contributed by atoms with Gasteiger partial charge in [0.2, 0.25) is 5.91 Å². The molecule has 0 bridgehead atoms. The minimum Gasteiger partial charge on any atom is -0.357 e. The van der Waals surface area contributed by atoms with Gasteiger partial charge in [0.25, 0.3) is 0 Å². The highest BCUT2D eigenvalue weighted by atomic mass is 16.2. The van der Waals surface area contributed by atoms with Crippen LogP contribution in [-0.2, 0) is 11.2 Å². The molecule has 2 heterocycles. The zero-order valence-corrected chi connectivity index (χ0v) is 17.1. The third-order valence-electron chi connectivity index (χ3n) is 5.33. The number of nitrogens with one attached hydrogen (secondary N) is 2. The summed E-state index contributed by atoms with van der Waals surface area (Å²) in [6, 6.07) is 5.87. The number of rotatable bonds is 7. The molecule has 1 saturated carbocycles. The molecule has 1 aliphatic carbocycles. The molecule has 2 aromatic rings. The molecule has 2 N–H and O–H groups in total. The Balaban J connectivity index is 1.63. The Morgan fingerprint density at radius 2 is 2.04 bits per heavy atom. The molecule has 8 heteroatoms. The van der Waals surface area contributed by atoms with Crippen molar-refractivity contribution in [1.82, 2.24) is 30.1 Å². The van der Waals surface area contributed by atoms with Crippen LogP contribution in [0.15, 0.2) is 29.4 Å². The van der Waals surface area contributed by atoms with Crippen molar-refractivity contribution in [2.45, 2.75) is 39.0 Å². The molecule has 3 rings (SSSR count). The lowest BCUT2D eigenvalue weighted by molar-refractivity contribution is -0.138. The highest BCUT2D eigenvalue weighted by Crippen LogP contribution is 2.39. The summed E-state index contributed by atoms with van der Waals surface area (Å²) in [5.74, 6) is 1.85. The molecule has 1 amide bonds. The lowest BCUT2D eigenvalue weighted by Crippen LogP contribution is -2.43. The summed E-state index contributed by atoms with van der Waals surface area (Å²) < 4.78 is 2.00. The second-order valence-electron chi connectivity index (χ2n) is 7.60. The third kappa shape index (κ3) is 4.43. The highest BCUT2D eigenvalue weighted by molar-refractivity contribution is 5.84. The lowest BCUT2D eigenvalue weighted by Gasteiger charge is -2.29. The van der Waals surface area contributed by atoms with E-state index in [1.54, 1.807) is 4.90 Å². The van der Waals surface area contributed by atoms with Gasteiger partial charge in [-0.15, -0.1) is 10.2 Å². The van der Waals surface area contributed by atoms with Crippen LogP contribution in [0.5, 0.6) is 0 Å². The van der Waals surface area contributed by atoms with Gasteiger partial charge in [-0.2, -0.15) is 0 Å². The van der Waals surface area contributed by atoms with Crippen molar-refractivity contribution >= 4 is 17.5 Å². The highest BCUT2D eigenvalue weighted by Gasteiger charge is 2.42. The molecule has 0 radical (unpaired) electrons. The van der Waals surface area contributed by atoms with Crippen molar-refractivity contribution in [3.05, 3.63) is 30.2 Å². The molecule has 2 aromatic heterocycles. The number of pyridine rings is 1. The quantitative estimate of drug-likeness (QED) is 0.557. The summed E-state index contributed by atoms with van der Waals surface area (Å²) >= 11 is 0. The predicted octanol–water partition coefficient (Wildman–Crippen LogP) is 1.48. The number of hydrogen-bond donors (Lipinski definition) is 2. The molecular formula is C20H31N7O. The maximum atomic E-state index is 12.7. The maximum Gasteiger partial charge on any atom is 0.230 e. The van der Waals surface area contributed by atoms with Gasteiger partial charge < -0.3 is 15.5 Å². The number of hydrogen-bond acceptors (Lipinski definition) is 4. The van der Waals surface area contributed by atoms with Crippen molar-refractivity contribution in [3.8, 4) is 0 Å². The van der Waals surface area contributed by atoms with E-state index >= 15 is 0 Å². The van der Waals surface area contributed by atoms with Crippen LogP contribution < -0.4 is 10.6 Å². The molecular weight excluding hydrogens is 354 g/mol. The first-order valence-corrected chi connectivity index (χ1v) is 10.1. The van der Waals surface area contributed by atoms with Gasteiger partial charge in [0.1, 0.15) is 5.82 Å². The number of carbonyl (C=O) groups is 1. The maximum absolute atomic E-state index is 12.7. The van der Waals surface area contributed by atoms with E-state index in [9.17, 15) is 4.79 Å². The Hall–Kier alpha value is -2.64. The van der Waals surface area contributed by atoms with E-state index < -0.39 is 0 Å². The van der Waals surface area contributed by atoms with Gasteiger partial charge >= 0.3 is 0 Å². The molecule has 0 spiro atoms. The van der Waals surface area contributed by atoms with Crippen LogP contribution in [0.3, 0.4) is 0 Å². The number of amides is 1. The molecule has 0 aliphatic heterocycles. The largest absolute Gasteiger partial charge is 0.357 e. The first-order chi connectivity index (χ1) is 13.6. The first kappa shape index (κ1) is 20.1. The summed E-state index contributed by atoms with van der Waals surface area (Å²) in [6.07, 6.45) is 6.73. The molecule has 152 valence electrons. The van der Waals surface area contributed by atoms with Crippen LogP contribution in [0.4, 0.5) is 0 Å². The monoisotopic (exact) mass is 385 g/mol.